The standard InChI is InChI=1S/C20H21FN2O4S/c1-13-6-8-15(9-7-13)28(26,27)23-12-14(4-3-5-20(25)22-2)16-10-19(24)17(21)11-18(16)23/h6-12,24H,3-5H2,1-2H3,(H,22,25). The van der Waals surface area contributed by atoms with Crippen LogP contribution in [0.1, 0.15) is 24.0 Å². The molecule has 8 heteroatoms. The van der Waals surface area contributed by atoms with E-state index in [1.54, 1.807) is 19.2 Å². The second-order valence-electron chi connectivity index (χ2n) is 6.62. The van der Waals surface area contributed by atoms with Crippen molar-refractivity contribution in [3.63, 3.8) is 0 Å². The van der Waals surface area contributed by atoms with Crippen LogP contribution in [-0.2, 0) is 21.2 Å². The van der Waals surface area contributed by atoms with E-state index in [2.05, 4.69) is 5.32 Å². The fraction of sp³-hybridized carbons (Fsp3) is 0.250. The highest BCUT2D eigenvalue weighted by molar-refractivity contribution is 7.90. The number of aromatic hydroxyl groups is 1. The Morgan fingerprint density at radius 3 is 2.54 bits per heavy atom. The van der Waals surface area contributed by atoms with Crippen molar-refractivity contribution in [1.29, 1.82) is 0 Å². The van der Waals surface area contributed by atoms with Crippen LogP contribution >= 0.6 is 0 Å². The fourth-order valence-corrected chi connectivity index (χ4v) is 4.44. The van der Waals surface area contributed by atoms with E-state index in [-0.39, 0.29) is 22.7 Å². The molecule has 148 valence electrons. The highest BCUT2D eigenvalue weighted by Crippen LogP contribution is 2.31. The quantitative estimate of drug-likeness (QED) is 0.661. The first-order valence-corrected chi connectivity index (χ1v) is 10.2. The molecule has 0 aliphatic carbocycles. The summed E-state index contributed by atoms with van der Waals surface area (Å²) in [6.07, 6.45) is 2.61. The molecule has 1 heterocycles. The lowest BCUT2D eigenvalue weighted by atomic mass is 10.1. The molecule has 6 nitrogen and oxygen atoms in total. The summed E-state index contributed by atoms with van der Waals surface area (Å²) in [5.74, 6) is -1.57. The molecule has 0 saturated carbocycles. The Hall–Kier alpha value is -2.87. The lowest BCUT2D eigenvalue weighted by Gasteiger charge is -2.08. The Morgan fingerprint density at radius 2 is 1.89 bits per heavy atom. The number of carbonyl (C=O) groups excluding carboxylic acids is 1. The van der Waals surface area contributed by atoms with E-state index >= 15 is 0 Å². The number of nitrogens with zero attached hydrogens (tertiary/aromatic N) is 1. The summed E-state index contributed by atoms with van der Waals surface area (Å²) < 4.78 is 41.2. The number of phenols is 1. The third-order valence-corrected chi connectivity index (χ3v) is 6.32. The molecule has 0 radical (unpaired) electrons. The van der Waals surface area contributed by atoms with Crippen LogP contribution in [0.2, 0.25) is 0 Å². The zero-order chi connectivity index (χ0) is 20.5. The normalized spacial score (nSPS) is 11.7. The van der Waals surface area contributed by atoms with E-state index in [9.17, 15) is 22.7 Å². The molecule has 2 aromatic carbocycles. The number of aromatic nitrogens is 1. The maximum absolute atomic E-state index is 14.0. The molecular formula is C20H21FN2O4S. The van der Waals surface area contributed by atoms with Gasteiger partial charge in [-0.3, -0.25) is 4.79 Å². The summed E-state index contributed by atoms with van der Waals surface area (Å²) in [5, 5.41) is 12.7. The van der Waals surface area contributed by atoms with E-state index in [0.29, 0.717) is 23.8 Å². The molecular weight excluding hydrogens is 383 g/mol. The van der Waals surface area contributed by atoms with Gasteiger partial charge in [0.25, 0.3) is 10.0 Å². The minimum absolute atomic E-state index is 0.0837. The van der Waals surface area contributed by atoms with Crippen LogP contribution in [0.3, 0.4) is 0 Å². The van der Waals surface area contributed by atoms with Crippen molar-refractivity contribution in [2.24, 2.45) is 0 Å². The minimum atomic E-state index is -3.95. The van der Waals surface area contributed by atoms with Crippen LogP contribution in [0.25, 0.3) is 10.9 Å². The van der Waals surface area contributed by atoms with Gasteiger partial charge in [0.15, 0.2) is 11.6 Å². The van der Waals surface area contributed by atoms with Gasteiger partial charge in [0.2, 0.25) is 5.91 Å². The van der Waals surface area contributed by atoms with Gasteiger partial charge in [-0.2, -0.15) is 0 Å². The van der Waals surface area contributed by atoms with Crippen LogP contribution in [0, 0.1) is 12.7 Å². The number of fused-ring (bicyclic) bond motifs is 1. The van der Waals surface area contributed by atoms with Crippen LogP contribution in [0.5, 0.6) is 5.75 Å². The molecule has 0 spiro atoms. The summed E-state index contributed by atoms with van der Waals surface area (Å²) in [4.78, 5) is 11.5. The second kappa shape index (κ2) is 7.63. The van der Waals surface area contributed by atoms with E-state index in [4.69, 9.17) is 0 Å². The Morgan fingerprint density at radius 1 is 1.21 bits per heavy atom. The zero-order valence-electron chi connectivity index (χ0n) is 15.6. The predicted molar refractivity (Wildman–Crippen MR) is 104 cm³/mol. The van der Waals surface area contributed by atoms with Crippen LogP contribution in [-0.4, -0.2) is 30.5 Å². The molecule has 0 saturated heterocycles. The summed E-state index contributed by atoms with van der Waals surface area (Å²) in [5.41, 5.74) is 1.68. The minimum Gasteiger partial charge on any atom is -0.505 e. The second-order valence-corrected chi connectivity index (χ2v) is 8.43. The number of hydrogen-bond acceptors (Lipinski definition) is 4. The number of nitrogens with one attached hydrogen (secondary N) is 1. The third kappa shape index (κ3) is 3.73. The number of phenolic OH excluding ortho intramolecular Hbond substituents is 1. The fourth-order valence-electron chi connectivity index (χ4n) is 3.06. The molecule has 0 aliphatic rings. The maximum Gasteiger partial charge on any atom is 0.268 e. The van der Waals surface area contributed by atoms with Crippen molar-refractivity contribution in [2.45, 2.75) is 31.1 Å². The number of rotatable bonds is 6. The molecule has 28 heavy (non-hydrogen) atoms. The number of carbonyl (C=O) groups is 1. The first-order chi connectivity index (χ1) is 13.2. The molecule has 1 aromatic heterocycles. The average molecular weight is 404 g/mol. The number of aryl methyl sites for hydroxylation is 2. The topological polar surface area (TPSA) is 88.4 Å². The first-order valence-electron chi connectivity index (χ1n) is 8.79. The first kappa shape index (κ1) is 19.9. The van der Waals surface area contributed by atoms with E-state index in [0.717, 1.165) is 15.6 Å². The number of benzene rings is 2. The third-order valence-electron chi connectivity index (χ3n) is 4.63. The molecule has 1 amide bonds. The van der Waals surface area contributed by atoms with Gasteiger partial charge in [-0.1, -0.05) is 17.7 Å². The molecule has 0 fully saturated rings. The van der Waals surface area contributed by atoms with E-state index in [1.807, 2.05) is 6.92 Å². The van der Waals surface area contributed by atoms with Gasteiger partial charge in [0, 0.05) is 31.1 Å². The van der Waals surface area contributed by atoms with Crippen molar-refractivity contribution in [3.05, 3.63) is 59.5 Å². The van der Waals surface area contributed by atoms with E-state index < -0.39 is 21.6 Å². The average Bonchev–Trinajstić information content (AvgIpc) is 3.00. The van der Waals surface area contributed by atoms with Gasteiger partial charge < -0.3 is 10.4 Å². The van der Waals surface area contributed by atoms with Gasteiger partial charge in [0.05, 0.1) is 10.4 Å². The van der Waals surface area contributed by atoms with Gasteiger partial charge in [-0.25, -0.2) is 16.8 Å². The van der Waals surface area contributed by atoms with Crippen LogP contribution < -0.4 is 5.32 Å². The van der Waals surface area contributed by atoms with Crippen molar-refractivity contribution in [3.8, 4) is 5.75 Å². The summed E-state index contributed by atoms with van der Waals surface area (Å²) in [7, 11) is -2.40. The Kier molecular flexibility index (Phi) is 5.42. The summed E-state index contributed by atoms with van der Waals surface area (Å²) in [6, 6.07) is 8.61. The molecule has 0 atom stereocenters. The van der Waals surface area contributed by atoms with Crippen molar-refractivity contribution >= 4 is 26.8 Å². The number of hydrogen-bond donors (Lipinski definition) is 2. The van der Waals surface area contributed by atoms with Gasteiger partial charge >= 0.3 is 0 Å². The Bertz CT molecular complexity index is 1140. The maximum atomic E-state index is 14.0. The largest absolute Gasteiger partial charge is 0.505 e. The molecule has 3 aromatic rings. The van der Waals surface area contributed by atoms with Gasteiger partial charge in [-0.05, 0) is 43.5 Å². The van der Waals surface area contributed by atoms with Crippen LogP contribution in [0.4, 0.5) is 4.39 Å². The smallest absolute Gasteiger partial charge is 0.268 e. The zero-order valence-corrected chi connectivity index (χ0v) is 16.4. The van der Waals surface area contributed by atoms with E-state index in [1.165, 1.54) is 24.4 Å². The lowest BCUT2D eigenvalue weighted by molar-refractivity contribution is -0.120. The Balaban J connectivity index is 2.10. The van der Waals surface area contributed by atoms with Gasteiger partial charge in [-0.15, -0.1) is 0 Å². The van der Waals surface area contributed by atoms with Crippen molar-refractivity contribution in [2.75, 3.05) is 7.05 Å². The van der Waals surface area contributed by atoms with Crippen LogP contribution in [0.15, 0.2) is 47.5 Å². The molecule has 0 aliphatic heterocycles. The number of halogens is 1. The molecule has 3 rings (SSSR count). The predicted octanol–water partition coefficient (Wildman–Crippen LogP) is 3.10. The highest BCUT2D eigenvalue weighted by Gasteiger charge is 2.22. The van der Waals surface area contributed by atoms with Crippen molar-refractivity contribution in [1.82, 2.24) is 9.29 Å². The lowest BCUT2D eigenvalue weighted by Crippen LogP contribution is -2.17. The summed E-state index contributed by atoms with van der Waals surface area (Å²) in [6.45, 7) is 1.85. The SMILES string of the molecule is CNC(=O)CCCc1cn(S(=O)(=O)c2ccc(C)cc2)c2cc(F)c(O)cc12. The Labute approximate surface area is 162 Å². The molecule has 0 bridgehead atoms. The summed E-state index contributed by atoms with van der Waals surface area (Å²) >= 11 is 0. The molecule has 0 unspecified atom stereocenters. The monoisotopic (exact) mass is 404 g/mol. The highest BCUT2D eigenvalue weighted by atomic mass is 32.2. The van der Waals surface area contributed by atoms with Crippen molar-refractivity contribution < 1.29 is 22.7 Å². The van der Waals surface area contributed by atoms with Gasteiger partial charge in [0.1, 0.15) is 0 Å². The number of amides is 1. The molecule has 2 N–H and O–H groups in total.